The number of hydrogen-bond acceptors (Lipinski definition) is 3. The van der Waals surface area contributed by atoms with Crippen molar-refractivity contribution in [3.63, 3.8) is 0 Å². The molecule has 3 heteroatoms. The normalized spacial score (nSPS) is 19.8. The molecule has 0 amide bonds. The van der Waals surface area contributed by atoms with Crippen molar-refractivity contribution in [2.75, 3.05) is 0 Å². The molecule has 1 heterocycles. The fraction of sp³-hybridized carbons (Fsp3) is 0.522. The van der Waals surface area contributed by atoms with Gasteiger partial charge in [-0.3, -0.25) is 9.97 Å². The van der Waals surface area contributed by atoms with Gasteiger partial charge in [0, 0.05) is 11.8 Å². The maximum absolute atomic E-state index is 8.88. The molecule has 0 atom stereocenters. The Labute approximate surface area is 157 Å². The zero-order chi connectivity index (χ0) is 18.2. The Morgan fingerprint density at radius 3 is 2.23 bits per heavy atom. The highest BCUT2D eigenvalue weighted by molar-refractivity contribution is 5.59. The topological polar surface area (TPSA) is 49.6 Å². The minimum absolute atomic E-state index is 0.669. The molecule has 136 valence electrons. The van der Waals surface area contributed by atoms with Gasteiger partial charge in [-0.25, -0.2) is 0 Å². The van der Waals surface area contributed by atoms with Gasteiger partial charge in [-0.2, -0.15) is 5.26 Å². The van der Waals surface area contributed by atoms with Crippen molar-refractivity contribution in [2.24, 2.45) is 11.8 Å². The van der Waals surface area contributed by atoms with Gasteiger partial charge in [-0.05, 0) is 36.8 Å². The Bertz CT molecular complexity index is 705. The van der Waals surface area contributed by atoms with Crippen molar-refractivity contribution in [1.29, 1.82) is 5.26 Å². The summed E-state index contributed by atoms with van der Waals surface area (Å²) in [6.07, 6.45) is 15.9. The van der Waals surface area contributed by atoms with Crippen LogP contribution in [-0.4, -0.2) is 9.97 Å². The third kappa shape index (κ3) is 5.14. The summed E-state index contributed by atoms with van der Waals surface area (Å²) < 4.78 is 0. The molecule has 3 rings (SSSR count). The monoisotopic (exact) mass is 347 g/mol. The molecule has 1 aromatic carbocycles. The Kier molecular flexibility index (Phi) is 6.77. The summed E-state index contributed by atoms with van der Waals surface area (Å²) in [6.45, 7) is 2.29. The van der Waals surface area contributed by atoms with Crippen LogP contribution in [0.2, 0.25) is 0 Å². The standard InChI is InChI=1S/C23H29N3/c1-2-3-4-18-5-7-19(8-6-18)11-14-22-16-26-23(17-25-22)21-12-9-20(15-24)10-13-21/h9-10,12-13,16-19H,2-8,11,14H2,1H3/t18-,19-. The van der Waals surface area contributed by atoms with Gasteiger partial charge < -0.3 is 0 Å². The van der Waals surface area contributed by atoms with Crippen LogP contribution in [-0.2, 0) is 6.42 Å². The Morgan fingerprint density at radius 2 is 1.65 bits per heavy atom. The van der Waals surface area contributed by atoms with Crippen molar-refractivity contribution in [1.82, 2.24) is 9.97 Å². The van der Waals surface area contributed by atoms with Crippen LogP contribution >= 0.6 is 0 Å². The first-order valence-electron chi connectivity index (χ1n) is 10.1. The molecule has 1 aliphatic carbocycles. The number of aromatic nitrogens is 2. The molecule has 0 unspecified atom stereocenters. The van der Waals surface area contributed by atoms with Gasteiger partial charge >= 0.3 is 0 Å². The Balaban J connectivity index is 1.47. The summed E-state index contributed by atoms with van der Waals surface area (Å²) in [4.78, 5) is 9.18. The number of rotatable bonds is 7. The highest BCUT2D eigenvalue weighted by Gasteiger charge is 2.20. The second-order valence-corrected chi connectivity index (χ2v) is 7.65. The Morgan fingerprint density at radius 1 is 0.962 bits per heavy atom. The number of aryl methyl sites for hydroxylation is 1. The lowest BCUT2D eigenvalue weighted by atomic mass is 9.78. The van der Waals surface area contributed by atoms with Crippen LogP contribution in [0.5, 0.6) is 0 Å². The molecule has 0 saturated heterocycles. The van der Waals surface area contributed by atoms with E-state index in [0.29, 0.717) is 5.56 Å². The maximum Gasteiger partial charge on any atom is 0.0991 e. The lowest BCUT2D eigenvalue weighted by Gasteiger charge is -2.28. The number of hydrogen-bond donors (Lipinski definition) is 0. The molecular formula is C23H29N3. The minimum atomic E-state index is 0.669. The van der Waals surface area contributed by atoms with E-state index in [9.17, 15) is 0 Å². The van der Waals surface area contributed by atoms with E-state index in [1.807, 2.05) is 36.7 Å². The average molecular weight is 348 g/mol. The largest absolute Gasteiger partial charge is 0.257 e. The minimum Gasteiger partial charge on any atom is -0.257 e. The van der Waals surface area contributed by atoms with Crippen LogP contribution in [0.15, 0.2) is 36.7 Å². The molecule has 1 aromatic heterocycles. The predicted octanol–water partition coefficient (Wildman–Crippen LogP) is 5.94. The van der Waals surface area contributed by atoms with Crippen molar-refractivity contribution < 1.29 is 0 Å². The van der Waals surface area contributed by atoms with Crippen molar-refractivity contribution in [2.45, 2.75) is 64.7 Å². The zero-order valence-corrected chi connectivity index (χ0v) is 15.8. The molecule has 0 aliphatic heterocycles. The fourth-order valence-electron chi connectivity index (χ4n) is 4.00. The second-order valence-electron chi connectivity index (χ2n) is 7.65. The summed E-state index contributed by atoms with van der Waals surface area (Å²) in [5, 5.41) is 8.88. The number of benzene rings is 1. The quantitative estimate of drug-likeness (QED) is 0.622. The predicted molar refractivity (Wildman–Crippen MR) is 105 cm³/mol. The molecule has 1 aliphatic rings. The Hall–Kier alpha value is -2.21. The fourth-order valence-corrected chi connectivity index (χ4v) is 4.00. The second kappa shape index (κ2) is 9.48. The van der Waals surface area contributed by atoms with Gasteiger partial charge in [0.15, 0.2) is 0 Å². The lowest BCUT2D eigenvalue weighted by Crippen LogP contribution is -2.15. The summed E-state index contributed by atoms with van der Waals surface area (Å²) in [5.41, 5.74) is 3.64. The smallest absolute Gasteiger partial charge is 0.0991 e. The SMILES string of the molecule is CCCC[C@H]1CC[C@H](CCc2cnc(-c3ccc(C#N)cc3)cn2)CC1. The van der Waals surface area contributed by atoms with E-state index >= 15 is 0 Å². The first-order valence-corrected chi connectivity index (χ1v) is 10.1. The van der Waals surface area contributed by atoms with Crippen LogP contribution < -0.4 is 0 Å². The van der Waals surface area contributed by atoms with Gasteiger partial charge in [0.05, 0.1) is 29.2 Å². The van der Waals surface area contributed by atoms with Crippen LogP contribution in [0.1, 0.15) is 69.5 Å². The van der Waals surface area contributed by atoms with Gasteiger partial charge in [0.1, 0.15) is 0 Å². The molecule has 0 bridgehead atoms. The summed E-state index contributed by atoms with van der Waals surface area (Å²) in [7, 11) is 0. The number of nitriles is 1. The molecule has 26 heavy (non-hydrogen) atoms. The van der Waals surface area contributed by atoms with Crippen LogP contribution in [0.3, 0.4) is 0 Å². The van der Waals surface area contributed by atoms with Gasteiger partial charge in [0.2, 0.25) is 0 Å². The van der Waals surface area contributed by atoms with Crippen molar-refractivity contribution in [3.8, 4) is 17.3 Å². The third-order valence-electron chi connectivity index (χ3n) is 5.76. The zero-order valence-electron chi connectivity index (χ0n) is 15.8. The van der Waals surface area contributed by atoms with E-state index in [4.69, 9.17) is 5.26 Å². The molecule has 0 radical (unpaired) electrons. The molecule has 0 N–H and O–H groups in total. The molecule has 3 nitrogen and oxygen atoms in total. The van der Waals surface area contributed by atoms with E-state index in [1.165, 1.54) is 51.4 Å². The summed E-state index contributed by atoms with van der Waals surface area (Å²) in [6, 6.07) is 9.64. The summed E-state index contributed by atoms with van der Waals surface area (Å²) in [5.74, 6) is 1.85. The molecule has 1 fully saturated rings. The van der Waals surface area contributed by atoms with Gasteiger partial charge in [-0.1, -0.05) is 64.0 Å². The van der Waals surface area contributed by atoms with Crippen LogP contribution in [0.25, 0.3) is 11.3 Å². The highest BCUT2D eigenvalue weighted by atomic mass is 14.8. The van der Waals surface area contributed by atoms with Crippen molar-refractivity contribution >= 4 is 0 Å². The maximum atomic E-state index is 8.88. The van der Waals surface area contributed by atoms with Gasteiger partial charge in [0.25, 0.3) is 0 Å². The van der Waals surface area contributed by atoms with E-state index in [-0.39, 0.29) is 0 Å². The van der Waals surface area contributed by atoms with Crippen LogP contribution in [0, 0.1) is 23.2 Å². The van der Waals surface area contributed by atoms with E-state index < -0.39 is 0 Å². The summed E-state index contributed by atoms with van der Waals surface area (Å²) >= 11 is 0. The first kappa shape index (κ1) is 18.6. The number of nitrogens with zero attached hydrogens (tertiary/aromatic N) is 3. The van der Waals surface area contributed by atoms with E-state index in [1.54, 1.807) is 0 Å². The van der Waals surface area contributed by atoms with Crippen molar-refractivity contribution in [3.05, 3.63) is 47.9 Å². The third-order valence-corrected chi connectivity index (χ3v) is 5.76. The van der Waals surface area contributed by atoms with Gasteiger partial charge in [-0.15, -0.1) is 0 Å². The average Bonchev–Trinajstić information content (AvgIpc) is 2.72. The van der Waals surface area contributed by atoms with Crippen LogP contribution in [0.4, 0.5) is 0 Å². The number of unbranched alkanes of at least 4 members (excludes halogenated alkanes) is 1. The lowest BCUT2D eigenvalue weighted by molar-refractivity contribution is 0.249. The molecular weight excluding hydrogens is 318 g/mol. The first-order chi connectivity index (χ1) is 12.8. The highest BCUT2D eigenvalue weighted by Crippen LogP contribution is 2.34. The van der Waals surface area contributed by atoms with E-state index in [0.717, 1.165) is 35.2 Å². The molecule has 2 aromatic rings. The van der Waals surface area contributed by atoms with E-state index in [2.05, 4.69) is 23.0 Å². The molecule has 0 spiro atoms. The molecule has 1 saturated carbocycles.